The van der Waals surface area contributed by atoms with Crippen LogP contribution in [0.15, 0.2) is 23.1 Å². The number of carboxylic acid groups (broad SMARTS) is 1. The second kappa shape index (κ2) is 6.88. The second-order valence-electron chi connectivity index (χ2n) is 4.80. The number of likely N-dealkylation sites (N-methyl/N-ethyl adjacent to an activating group) is 2. The van der Waals surface area contributed by atoms with Gasteiger partial charge >= 0.3 is 5.97 Å². The third-order valence-corrected chi connectivity index (χ3v) is 4.82. The summed E-state index contributed by atoms with van der Waals surface area (Å²) in [6, 6.07) is 3.80. The predicted molar refractivity (Wildman–Crippen MR) is 78.3 cm³/mol. The van der Waals surface area contributed by atoms with E-state index in [1.807, 2.05) is 19.0 Å². The topological polar surface area (TPSA) is 87.2 Å². The van der Waals surface area contributed by atoms with Crippen molar-refractivity contribution in [2.75, 3.05) is 41.3 Å². The van der Waals surface area contributed by atoms with Gasteiger partial charge in [0.2, 0.25) is 10.0 Å². The van der Waals surface area contributed by atoms with Gasteiger partial charge in [0.05, 0.1) is 12.0 Å². The van der Waals surface area contributed by atoms with E-state index >= 15 is 0 Å². The molecule has 8 heteroatoms. The molecular weight excluding hydrogens is 296 g/mol. The first-order chi connectivity index (χ1) is 9.70. The smallest absolute Gasteiger partial charge is 0.339 e. The molecule has 7 nitrogen and oxygen atoms in total. The number of hydrogen-bond donors (Lipinski definition) is 1. The van der Waals surface area contributed by atoms with Crippen LogP contribution >= 0.6 is 0 Å². The zero-order chi connectivity index (χ0) is 16.2. The second-order valence-corrected chi connectivity index (χ2v) is 6.84. The van der Waals surface area contributed by atoms with Crippen LogP contribution in [0.5, 0.6) is 5.75 Å². The molecule has 0 aromatic heterocycles. The van der Waals surface area contributed by atoms with E-state index in [0.717, 1.165) is 6.07 Å². The van der Waals surface area contributed by atoms with Gasteiger partial charge in [0.25, 0.3) is 0 Å². The lowest BCUT2D eigenvalue weighted by Crippen LogP contribution is -2.33. The van der Waals surface area contributed by atoms with E-state index in [0.29, 0.717) is 13.1 Å². The number of carbonyl (C=O) groups is 1. The molecule has 1 aromatic rings. The molecule has 1 rings (SSSR count). The van der Waals surface area contributed by atoms with E-state index in [1.165, 1.54) is 30.6 Å². The summed E-state index contributed by atoms with van der Waals surface area (Å²) in [5, 5.41) is 9.11. The van der Waals surface area contributed by atoms with E-state index in [9.17, 15) is 13.2 Å². The molecular formula is C13H20N2O5S. The van der Waals surface area contributed by atoms with Crippen molar-refractivity contribution in [3.63, 3.8) is 0 Å². The van der Waals surface area contributed by atoms with Crippen molar-refractivity contribution in [2.24, 2.45) is 0 Å². The van der Waals surface area contributed by atoms with E-state index in [-0.39, 0.29) is 16.2 Å². The molecule has 0 aliphatic heterocycles. The minimum Gasteiger partial charge on any atom is -0.496 e. The maximum atomic E-state index is 12.4. The van der Waals surface area contributed by atoms with E-state index in [2.05, 4.69) is 0 Å². The molecule has 0 saturated heterocycles. The molecule has 0 atom stereocenters. The van der Waals surface area contributed by atoms with Crippen molar-refractivity contribution in [1.29, 1.82) is 0 Å². The van der Waals surface area contributed by atoms with Crippen LogP contribution in [0.25, 0.3) is 0 Å². The Kier molecular flexibility index (Phi) is 5.70. The number of sulfonamides is 1. The van der Waals surface area contributed by atoms with Crippen LogP contribution in [0.4, 0.5) is 0 Å². The first kappa shape index (κ1) is 17.4. The molecule has 21 heavy (non-hydrogen) atoms. The largest absolute Gasteiger partial charge is 0.496 e. The summed E-state index contributed by atoms with van der Waals surface area (Å²) in [6.07, 6.45) is 0. The number of nitrogens with zero attached hydrogens (tertiary/aromatic N) is 2. The van der Waals surface area contributed by atoms with Gasteiger partial charge in [-0.2, -0.15) is 4.31 Å². The van der Waals surface area contributed by atoms with Gasteiger partial charge in [-0.1, -0.05) is 0 Å². The summed E-state index contributed by atoms with van der Waals surface area (Å²) < 4.78 is 30.9. The normalized spacial score (nSPS) is 11.9. The summed E-state index contributed by atoms with van der Waals surface area (Å²) in [6.45, 7) is 0.876. The number of hydrogen-bond acceptors (Lipinski definition) is 5. The summed E-state index contributed by atoms with van der Waals surface area (Å²) in [7, 11) is 2.75. The van der Waals surface area contributed by atoms with Crippen molar-refractivity contribution in [3.8, 4) is 5.75 Å². The van der Waals surface area contributed by atoms with Crippen LogP contribution in [0.2, 0.25) is 0 Å². The SMILES string of the molecule is COc1ccc(S(=O)(=O)N(C)CCN(C)C)cc1C(=O)O. The lowest BCUT2D eigenvalue weighted by molar-refractivity contribution is 0.0693. The van der Waals surface area contributed by atoms with Crippen LogP contribution in [0.1, 0.15) is 10.4 Å². The van der Waals surface area contributed by atoms with Gasteiger partial charge in [-0.05, 0) is 32.3 Å². The van der Waals surface area contributed by atoms with Crippen LogP contribution < -0.4 is 4.74 Å². The average molecular weight is 316 g/mol. The molecule has 0 fully saturated rings. The highest BCUT2D eigenvalue weighted by Crippen LogP contribution is 2.24. The molecule has 1 N–H and O–H groups in total. The molecule has 118 valence electrons. The summed E-state index contributed by atoms with van der Waals surface area (Å²) >= 11 is 0. The van der Waals surface area contributed by atoms with Gasteiger partial charge in [-0.3, -0.25) is 0 Å². The van der Waals surface area contributed by atoms with Crippen molar-refractivity contribution in [1.82, 2.24) is 9.21 Å². The number of aromatic carboxylic acids is 1. The van der Waals surface area contributed by atoms with Crippen molar-refractivity contribution >= 4 is 16.0 Å². The quantitative estimate of drug-likeness (QED) is 0.791. The fraction of sp³-hybridized carbons (Fsp3) is 0.462. The third-order valence-electron chi connectivity index (χ3n) is 2.97. The van der Waals surface area contributed by atoms with Gasteiger partial charge in [0.15, 0.2) is 0 Å². The predicted octanol–water partition coefficient (Wildman–Crippen LogP) is 0.576. The zero-order valence-electron chi connectivity index (χ0n) is 12.5. The Labute approximate surface area is 124 Å². The van der Waals surface area contributed by atoms with E-state index in [4.69, 9.17) is 9.84 Å². The summed E-state index contributed by atoms with van der Waals surface area (Å²) in [4.78, 5) is 12.9. The third kappa shape index (κ3) is 4.16. The molecule has 0 amide bonds. The Morgan fingerprint density at radius 2 is 1.86 bits per heavy atom. The van der Waals surface area contributed by atoms with Crippen LogP contribution in [-0.4, -0.2) is 70.0 Å². The first-order valence-corrected chi connectivity index (χ1v) is 7.66. The van der Waals surface area contributed by atoms with Crippen LogP contribution in [0.3, 0.4) is 0 Å². The van der Waals surface area contributed by atoms with Crippen LogP contribution in [-0.2, 0) is 10.0 Å². The highest BCUT2D eigenvalue weighted by molar-refractivity contribution is 7.89. The molecule has 0 radical (unpaired) electrons. The van der Waals surface area contributed by atoms with Gasteiger partial charge in [0.1, 0.15) is 11.3 Å². The molecule has 0 aliphatic carbocycles. The lowest BCUT2D eigenvalue weighted by atomic mass is 10.2. The van der Waals surface area contributed by atoms with Crippen molar-refractivity contribution < 1.29 is 23.1 Å². The first-order valence-electron chi connectivity index (χ1n) is 6.22. The number of ether oxygens (including phenoxy) is 1. The molecule has 0 aliphatic rings. The van der Waals surface area contributed by atoms with E-state index in [1.54, 1.807) is 0 Å². The maximum absolute atomic E-state index is 12.4. The maximum Gasteiger partial charge on any atom is 0.339 e. The Hall–Kier alpha value is -1.64. The Bertz CT molecular complexity index is 613. The summed E-state index contributed by atoms with van der Waals surface area (Å²) in [5.41, 5.74) is -0.181. The van der Waals surface area contributed by atoms with E-state index < -0.39 is 16.0 Å². The Balaban J connectivity index is 3.14. The number of benzene rings is 1. The van der Waals surface area contributed by atoms with Gasteiger partial charge in [-0.15, -0.1) is 0 Å². The van der Waals surface area contributed by atoms with Crippen LogP contribution in [0, 0.1) is 0 Å². The Morgan fingerprint density at radius 3 is 2.33 bits per heavy atom. The zero-order valence-corrected chi connectivity index (χ0v) is 13.3. The van der Waals surface area contributed by atoms with Gasteiger partial charge < -0.3 is 14.7 Å². The molecule has 1 aromatic carbocycles. The fourth-order valence-corrected chi connectivity index (χ4v) is 2.84. The van der Waals surface area contributed by atoms with Gasteiger partial charge in [0, 0.05) is 20.1 Å². The lowest BCUT2D eigenvalue weighted by Gasteiger charge is -2.20. The van der Waals surface area contributed by atoms with Crippen molar-refractivity contribution in [2.45, 2.75) is 4.90 Å². The molecule has 0 heterocycles. The minimum atomic E-state index is -3.73. The number of carboxylic acids is 1. The minimum absolute atomic E-state index is 0.0676. The molecule has 0 spiro atoms. The fourth-order valence-electron chi connectivity index (χ4n) is 1.66. The Morgan fingerprint density at radius 1 is 1.24 bits per heavy atom. The average Bonchev–Trinajstić information content (AvgIpc) is 2.43. The molecule has 0 bridgehead atoms. The van der Waals surface area contributed by atoms with Crippen molar-refractivity contribution in [3.05, 3.63) is 23.8 Å². The monoisotopic (exact) mass is 316 g/mol. The molecule has 0 unspecified atom stereocenters. The highest BCUT2D eigenvalue weighted by atomic mass is 32.2. The van der Waals surface area contributed by atoms with Gasteiger partial charge in [-0.25, -0.2) is 13.2 Å². The number of rotatable bonds is 7. The standard InChI is InChI=1S/C13H20N2O5S/c1-14(2)7-8-15(3)21(18,19)10-5-6-12(20-4)11(9-10)13(16)17/h5-6,9H,7-8H2,1-4H3,(H,16,17). The summed E-state index contributed by atoms with van der Waals surface area (Å²) in [5.74, 6) is -1.11. The highest BCUT2D eigenvalue weighted by Gasteiger charge is 2.23. The number of methoxy groups -OCH3 is 1. The molecule has 0 saturated carbocycles.